The first-order valence-electron chi connectivity index (χ1n) is 10.4. The Hall–Kier alpha value is -2.92. The topological polar surface area (TPSA) is 83.2 Å². The number of hydrogen-bond donors (Lipinski definition) is 0. The Kier molecular flexibility index (Phi) is 5.17. The zero-order valence-electron chi connectivity index (χ0n) is 17.1. The van der Waals surface area contributed by atoms with Gasteiger partial charge in [0.05, 0.1) is 10.5 Å². The molecule has 2 aliphatic heterocycles. The van der Waals surface area contributed by atoms with Crippen molar-refractivity contribution in [3.05, 3.63) is 87.3 Å². The molecular formula is C24H20ClN3O3S. The Morgan fingerprint density at radius 1 is 0.969 bits per heavy atom. The van der Waals surface area contributed by atoms with E-state index in [1.807, 2.05) is 30.3 Å². The van der Waals surface area contributed by atoms with E-state index in [0.717, 1.165) is 17.7 Å². The highest BCUT2D eigenvalue weighted by molar-refractivity contribution is 7.89. The van der Waals surface area contributed by atoms with Crippen molar-refractivity contribution < 1.29 is 8.42 Å². The number of halogens is 1. The number of rotatable bonds is 3. The summed E-state index contributed by atoms with van der Waals surface area (Å²) in [5, 5.41) is 9.97. The summed E-state index contributed by atoms with van der Waals surface area (Å²) >= 11 is 5.98. The number of nitrogens with zero attached hydrogens (tertiary/aromatic N) is 3. The second kappa shape index (κ2) is 7.89. The molecule has 0 spiro atoms. The van der Waals surface area contributed by atoms with Gasteiger partial charge in [-0.15, -0.1) is 0 Å². The Morgan fingerprint density at radius 3 is 2.47 bits per heavy atom. The molecule has 0 unspecified atom stereocenters. The maximum absolute atomic E-state index is 13.3. The second-order valence-corrected chi connectivity index (χ2v) is 10.7. The van der Waals surface area contributed by atoms with Crippen molar-refractivity contribution >= 4 is 21.6 Å². The zero-order chi connectivity index (χ0) is 22.5. The molecule has 162 valence electrons. The summed E-state index contributed by atoms with van der Waals surface area (Å²) < 4.78 is 30.0. The maximum atomic E-state index is 13.3. The van der Waals surface area contributed by atoms with Crippen LogP contribution in [0.4, 0.5) is 0 Å². The summed E-state index contributed by atoms with van der Waals surface area (Å²) in [7, 11) is -3.80. The van der Waals surface area contributed by atoms with Gasteiger partial charge in [0.2, 0.25) is 10.0 Å². The molecule has 0 aliphatic carbocycles. The highest BCUT2D eigenvalue weighted by Crippen LogP contribution is 2.38. The number of sulfonamides is 1. The molecule has 8 heteroatoms. The van der Waals surface area contributed by atoms with Crippen LogP contribution in [-0.4, -0.2) is 30.4 Å². The fraction of sp³-hybridized carbons (Fsp3) is 0.250. The van der Waals surface area contributed by atoms with E-state index in [1.54, 1.807) is 28.8 Å². The van der Waals surface area contributed by atoms with Gasteiger partial charge < -0.3 is 4.57 Å². The average Bonchev–Trinajstić information content (AvgIpc) is 2.80. The van der Waals surface area contributed by atoms with Crippen LogP contribution >= 0.6 is 11.6 Å². The number of hydrogen-bond acceptors (Lipinski definition) is 4. The van der Waals surface area contributed by atoms with Crippen molar-refractivity contribution in [2.24, 2.45) is 5.92 Å². The van der Waals surface area contributed by atoms with Crippen LogP contribution in [0.5, 0.6) is 0 Å². The lowest BCUT2D eigenvalue weighted by Crippen LogP contribution is -2.49. The summed E-state index contributed by atoms with van der Waals surface area (Å²) in [6.45, 7) is 1.09. The predicted octanol–water partition coefficient (Wildman–Crippen LogP) is 3.85. The lowest BCUT2D eigenvalue weighted by Gasteiger charge is -2.42. The number of pyridine rings is 1. The third-order valence-electron chi connectivity index (χ3n) is 6.35. The summed E-state index contributed by atoms with van der Waals surface area (Å²) in [6, 6.07) is 19.2. The minimum atomic E-state index is -3.80. The number of piperidine rings is 1. The zero-order valence-corrected chi connectivity index (χ0v) is 18.7. The lowest BCUT2D eigenvalue weighted by atomic mass is 9.84. The van der Waals surface area contributed by atoms with Crippen molar-refractivity contribution in [2.45, 2.75) is 23.8 Å². The van der Waals surface area contributed by atoms with E-state index in [4.69, 9.17) is 11.6 Å². The smallest absolute Gasteiger partial charge is 0.258 e. The summed E-state index contributed by atoms with van der Waals surface area (Å²) in [5.74, 6) is -0.0399. The third-order valence-corrected chi connectivity index (χ3v) is 8.49. The van der Waals surface area contributed by atoms with Crippen LogP contribution in [0.25, 0.3) is 11.1 Å². The number of nitriles is 1. The lowest BCUT2D eigenvalue weighted by molar-refractivity contribution is 0.186. The molecule has 1 aromatic heterocycles. The fourth-order valence-corrected chi connectivity index (χ4v) is 6.70. The van der Waals surface area contributed by atoms with Crippen LogP contribution in [0.1, 0.15) is 23.6 Å². The first kappa shape index (κ1) is 21.0. The van der Waals surface area contributed by atoms with Gasteiger partial charge >= 0.3 is 0 Å². The molecule has 32 heavy (non-hydrogen) atoms. The summed E-state index contributed by atoms with van der Waals surface area (Å²) in [6.07, 6.45) is 0.839. The molecular weight excluding hydrogens is 446 g/mol. The van der Waals surface area contributed by atoms with Gasteiger partial charge in [-0.05, 0) is 54.3 Å². The molecule has 0 N–H and O–H groups in total. The fourth-order valence-electron chi connectivity index (χ4n) is 4.87. The van der Waals surface area contributed by atoms with E-state index in [-0.39, 0.29) is 27.9 Å². The minimum Gasteiger partial charge on any atom is -0.311 e. The molecule has 2 aliphatic rings. The molecule has 5 rings (SSSR count). The quantitative estimate of drug-likeness (QED) is 0.588. The average molecular weight is 466 g/mol. The van der Waals surface area contributed by atoms with Crippen LogP contribution in [0.3, 0.4) is 0 Å². The van der Waals surface area contributed by atoms with Gasteiger partial charge in [0.25, 0.3) is 5.56 Å². The SMILES string of the molecule is N#Cc1ccccc1S(=O)(=O)N1C[C@H]2C[C@H](C1)c1ccc(-c3ccc(Cl)cc3)c(=O)n1C2. The van der Waals surface area contributed by atoms with Crippen LogP contribution in [0.2, 0.25) is 5.02 Å². The maximum Gasteiger partial charge on any atom is 0.258 e. The molecule has 0 saturated carbocycles. The molecule has 0 amide bonds. The van der Waals surface area contributed by atoms with E-state index in [0.29, 0.717) is 30.2 Å². The van der Waals surface area contributed by atoms with Crippen LogP contribution in [0, 0.1) is 17.2 Å². The Bertz CT molecular complexity index is 1410. The number of fused-ring (bicyclic) bond motifs is 4. The largest absolute Gasteiger partial charge is 0.311 e. The minimum absolute atomic E-state index is 0.0310. The molecule has 3 heterocycles. The van der Waals surface area contributed by atoms with E-state index in [9.17, 15) is 18.5 Å². The first-order valence-corrected chi connectivity index (χ1v) is 12.2. The van der Waals surface area contributed by atoms with Crippen molar-refractivity contribution in [2.75, 3.05) is 13.1 Å². The normalized spacial score (nSPS) is 20.4. The van der Waals surface area contributed by atoms with E-state index >= 15 is 0 Å². The number of aromatic nitrogens is 1. The molecule has 1 saturated heterocycles. The third kappa shape index (κ3) is 3.45. The van der Waals surface area contributed by atoms with Gasteiger partial charge in [0.1, 0.15) is 6.07 Å². The predicted molar refractivity (Wildman–Crippen MR) is 122 cm³/mol. The Balaban J connectivity index is 1.50. The summed E-state index contributed by atoms with van der Waals surface area (Å²) in [5.41, 5.74) is 2.36. The number of benzene rings is 2. The highest BCUT2D eigenvalue weighted by atomic mass is 35.5. The highest BCUT2D eigenvalue weighted by Gasteiger charge is 2.40. The molecule has 2 bridgehead atoms. The molecule has 6 nitrogen and oxygen atoms in total. The van der Waals surface area contributed by atoms with Crippen LogP contribution in [-0.2, 0) is 16.6 Å². The van der Waals surface area contributed by atoms with Gasteiger partial charge in [-0.25, -0.2) is 8.42 Å². The van der Waals surface area contributed by atoms with Crippen molar-refractivity contribution in [3.8, 4) is 17.2 Å². The second-order valence-electron chi connectivity index (χ2n) is 8.32. The Labute approximate surface area is 191 Å². The van der Waals surface area contributed by atoms with Crippen molar-refractivity contribution in [1.29, 1.82) is 5.26 Å². The van der Waals surface area contributed by atoms with Crippen LogP contribution in [0.15, 0.2) is 70.4 Å². The van der Waals surface area contributed by atoms with Gasteiger partial charge in [0, 0.05) is 41.8 Å². The Morgan fingerprint density at radius 2 is 1.72 bits per heavy atom. The molecule has 2 aromatic carbocycles. The first-order chi connectivity index (χ1) is 15.4. The molecule has 1 fully saturated rings. The summed E-state index contributed by atoms with van der Waals surface area (Å²) in [4.78, 5) is 13.3. The van der Waals surface area contributed by atoms with Gasteiger partial charge in [0.15, 0.2) is 0 Å². The molecule has 2 atom stereocenters. The van der Waals surface area contributed by atoms with Gasteiger partial charge in [-0.1, -0.05) is 35.9 Å². The van der Waals surface area contributed by atoms with E-state index in [1.165, 1.54) is 16.4 Å². The van der Waals surface area contributed by atoms with E-state index in [2.05, 4.69) is 0 Å². The monoisotopic (exact) mass is 465 g/mol. The van der Waals surface area contributed by atoms with Gasteiger partial charge in [-0.3, -0.25) is 4.79 Å². The van der Waals surface area contributed by atoms with E-state index < -0.39 is 10.0 Å². The van der Waals surface area contributed by atoms with Crippen molar-refractivity contribution in [3.63, 3.8) is 0 Å². The van der Waals surface area contributed by atoms with Crippen LogP contribution < -0.4 is 5.56 Å². The molecule has 0 radical (unpaired) electrons. The van der Waals surface area contributed by atoms with Crippen molar-refractivity contribution in [1.82, 2.24) is 8.87 Å². The van der Waals surface area contributed by atoms with Gasteiger partial charge in [-0.2, -0.15) is 9.57 Å². The standard InChI is InChI=1S/C24H20ClN3O3S/c25-20-7-5-17(6-8-20)21-9-10-22-19-11-16(14-28(22)24(21)29)13-27(15-19)32(30,31)23-4-2-1-3-18(23)12-26/h1-10,16,19H,11,13-15H2/t16-,19-/m1/s1. The molecule has 3 aromatic rings.